The second-order valence-corrected chi connectivity index (χ2v) is 4.65. The molecule has 0 radical (unpaired) electrons. The fraction of sp³-hybridized carbons (Fsp3) is 0.333. The first kappa shape index (κ1) is 13.9. The highest BCUT2D eigenvalue weighted by molar-refractivity contribution is 7.80. The summed E-state index contributed by atoms with van der Waals surface area (Å²) in [6, 6.07) is 6.87. The summed E-state index contributed by atoms with van der Waals surface area (Å²) < 4.78 is 0. The van der Waals surface area contributed by atoms with E-state index in [2.05, 4.69) is 5.32 Å². The van der Waals surface area contributed by atoms with Crippen molar-refractivity contribution in [2.75, 3.05) is 6.54 Å². The predicted molar refractivity (Wildman–Crippen MR) is 74.4 cm³/mol. The minimum absolute atomic E-state index is 0.108. The van der Waals surface area contributed by atoms with Gasteiger partial charge in [0.15, 0.2) is 0 Å². The van der Waals surface area contributed by atoms with Gasteiger partial charge in [0, 0.05) is 17.1 Å². The van der Waals surface area contributed by atoms with Crippen LogP contribution in [0.2, 0.25) is 5.02 Å². The third-order valence-corrected chi connectivity index (χ3v) is 2.66. The lowest BCUT2D eigenvalue weighted by atomic mass is 10.2. The number of carbonyl (C=O) groups is 1. The Hall–Kier alpha value is -1.13. The largest absolute Gasteiger partial charge is 0.393 e. The smallest absolute Gasteiger partial charge is 0.251 e. The maximum atomic E-state index is 11.7. The van der Waals surface area contributed by atoms with Crippen molar-refractivity contribution in [1.29, 1.82) is 0 Å². The van der Waals surface area contributed by atoms with Crippen molar-refractivity contribution in [2.45, 2.75) is 19.3 Å². The maximum Gasteiger partial charge on any atom is 0.251 e. The zero-order chi connectivity index (χ0) is 12.7. The fourth-order valence-electron chi connectivity index (χ4n) is 1.36. The molecule has 0 spiro atoms. The first-order valence-corrected chi connectivity index (χ1v) is 6.20. The topological polar surface area (TPSA) is 55.1 Å². The molecule has 0 atom stereocenters. The summed E-state index contributed by atoms with van der Waals surface area (Å²) in [5.74, 6) is -0.108. The lowest BCUT2D eigenvalue weighted by molar-refractivity contribution is 0.0953. The van der Waals surface area contributed by atoms with Crippen LogP contribution in [-0.2, 0) is 0 Å². The molecular formula is C12H15ClN2OS. The number of benzene rings is 1. The van der Waals surface area contributed by atoms with Crippen LogP contribution < -0.4 is 11.1 Å². The van der Waals surface area contributed by atoms with Crippen molar-refractivity contribution >= 4 is 34.7 Å². The predicted octanol–water partition coefficient (Wildman–Crippen LogP) is 2.53. The van der Waals surface area contributed by atoms with Gasteiger partial charge in [-0.25, -0.2) is 0 Å². The third-order valence-electron chi connectivity index (χ3n) is 2.22. The van der Waals surface area contributed by atoms with Gasteiger partial charge in [-0.3, -0.25) is 4.79 Å². The Labute approximate surface area is 111 Å². The van der Waals surface area contributed by atoms with Gasteiger partial charge in [0.05, 0.1) is 4.99 Å². The number of halogens is 1. The lowest BCUT2D eigenvalue weighted by Crippen LogP contribution is -2.24. The van der Waals surface area contributed by atoms with Crippen molar-refractivity contribution in [3.63, 3.8) is 0 Å². The van der Waals surface area contributed by atoms with Crippen molar-refractivity contribution in [2.24, 2.45) is 5.73 Å². The molecule has 0 bridgehead atoms. The number of thiocarbonyl (C=S) groups is 1. The van der Waals surface area contributed by atoms with Crippen LogP contribution in [-0.4, -0.2) is 17.4 Å². The fourth-order valence-corrected chi connectivity index (χ4v) is 1.69. The SMILES string of the molecule is NC(=S)CCCCNC(=O)c1cccc(Cl)c1. The first-order chi connectivity index (χ1) is 8.09. The molecule has 1 amide bonds. The van der Waals surface area contributed by atoms with Crippen LogP contribution in [0.15, 0.2) is 24.3 Å². The van der Waals surface area contributed by atoms with Crippen molar-refractivity contribution in [1.82, 2.24) is 5.32 Å². The van der Waals surface area contributed by atoms with E-state index in [4.69, 9.17) is 29.6 Å². The molecule has 1 aromatic carbocycles. The Kier molecular flexibility index (Phi) is 5.94. The molecule has 0 unspecified atom stereocenters. The molecule has 0 fully saturated rings. The van der Waals surface area contributed by atoms with E-state index in [0.29, 0.717) is 22.1 Å². The third kappa shape index (κ3) is 5.65. The number of hydrogen-bond acceptors (Lipinski definition) is 2. The highest BCUT2D eigenvalue weighted by Gasteiger charge is 2.04. The highest BCUT2D eigenvalue weighted by atomic mass is 35.5. The van der Waals surface area contributed by atoms with E-state index in [1.807, 2.05) is 0 Å². The van der Waals surface area contributed by atoms with Gasteiger partial charge in [0.25, 0.3) is 5.91 Å². The average Bonchev–Trinajstić information content (AvgIpc) is 2.28. The van der Waals surface area contributed by atoms with Gasteiger partial charge in [0.1, 0.15) is 0 Å². The van der Waals surface area contributed by atoms with Crippen LogP contribution in [0.5, 0.6) is 0 Å². The van der Waals surface area contributed by atoms with Gasteiger partial charge in [0.2, 0.25) is 0 Å². The molecule has 1 rings (SSSR count). The van der Waals surface area contributed by atoms with E-state index in [0.717, 1.165) is 19.3 Å². The number of hydrogen-bond donors (Lipinski definition) is 2. The molecule has 0 aromatic heterocycles. The molecule has 5 heteroatoms. The standard InChI is InChI=1S/C12H15ClN2OS/c13-10-5-3-4-9(8-10)12(16)15-7-2-1-6-11(14)17/h3-5,8H,1-2,6-7H2,(H2,14,17)(H,15,16). The molecule has 3 nitrogen and oxygen atoms in total. The Balaban J connectivity index is 2.28. The molecular weight excluding hydrogens is 256 g/mol. The van der Waals surface area contributed by atoms with E-state index < -0.39 is 0 Å². The summed E-state index contributed by atoms with van der Waals surface area (Å²) in [6.07, 6.45) is 2.48. The van der Waals surface area contributed by atoms with Gasteiger partial charge < -0.3 is 11.1 Å². The van der Waals surface area contributed by atoms with Crippen LogP contribution in [0.1, 0.15) is 29.6 Å². The van der Waals surface area contributed by atoms with Crippen LogP contribution in [0.25, 0.3) is 0 Å². The van der Waals surface area contributed by atoms with E-state index in [-0.39, 0.29) is 5.91 Å². The highest BCUT2D eigenvalue weighted by Crippen LogP contribution is 2.10. The zero-order valence-electron chi connectivity index (χ0n) is 9.41. The Morgan fingerprint density at radius 3 is 2.82 bits per heavy atom. The van der Waals surface area contributed by atoms with E-state index in [1.54, 1.807) is 24.3 Å². The van der Waals surface area contributed by atoms with Gasteiger partial charge >= 0.3 is 0 Å². The van der Waals surface area contributed by atoms with Crippen molar-refractivity contribution < 1.29 is 4.79 Å². The number of nitrogens with one attached hydrogen (secondary N) is 1. The van der Waals surface area contributed by atoms with Crippen molar-refractivity contribution in [3.05, 3.63) is 34.9 Å². The Morgan fingerprint density at radius 2 is 2.18 bits per heavy atom. The van der Waals surface area contributed by atoms with Crippen LogP contribution >= 0.6 is 23.8 Å². The summed E-state index contributed by atoms with van der Waals surface area (Å²) >= 11 is 10.6. The summed E-state index contributed by atoms with van der Waals surface area (Å²) in [7, 11) is 0. The summed E-state index contributed by atoms with van der Waals surface area (Å²) in [4.78, 5) is 12.2. The average molecular weight is 271 g/mol. The van der Waals surface area contributed by atoms with E-state index in [9.17, 15) is 4.79 Å². The minimum Gasteiger partial charge on any atom is -0.393 e. The molecule has 92 valence electrons. The molecule has 17 heavy (non-hydrogen) atoms. The number of unbranched alkanes of at least 4 members (excludes halogenated alkanes) is 1. The molecule has 0 aliphatic heterocycles. The Bertz CT molecular complexity index is 409. The molecule has 1 aromatic rings. The molecule has 3 N–H and O–H groups in total. The second-order valence-electron chi connectivity index (χ2n) is 3.69. The summed E-state index contributed by atoms with van der Waals surface area (Å²) in [6.45, 7) is 0.619. The number of carbonyl (C=O) groups excluding carboxylic acids is 1. The van der Waals surface area contributed by atoms with Crippen LogP contribution in [0, 0.1) is 0 Å². The quantitative estimate of drug-likeness (QED) is 0.617. The number of nitrogens with two attached hydrogens (primary N) is 1. The maximum absolute atomic E-state index is 11.7. The molecule has 0 heterocycles. The first-order valence-electron chi connectivity index (χ1n) is 5.41. The van der Waals surface area contributed by atoms with Gasteiger partial charge in [-0.05, 0) is 37.5 Å². The molecule has 0 saturated carbocycles. The lowest BCUT2D eigenvalue weighted by Gasteiger charge is -2.05. The molecule has 0 saturated heterocycles. The number of rotatable bonds is 6. The van der Waals surface area contributed by atoms with Gasteiger partial charge in [-0.15, -0.1) is 0 Å². The van der Waals surface area contributed by atoms with Gasteiger partial charge in [-0.2, -0.15) is 0 Å². The summed E-state index contributed by atoms with van der Waals surface area (Å²) in [5.41, 5.74) is 5.95. The van der Waals surface area contributed by atoms with Gasteiger partial charge in [-0.1, -0.05) is 29.9 Å². The minimum atomic E-state index is -0.108. The monoisotopic (exact) mass is 270 g/mol. The normalized spacial score (nSPS) is 9.94. The van der Waals surface area contributed by atoms with Crippen LogP contribution in [0.4, 0.5) is 0 Å². The number of amides is 1. The molecule has 0 aliphatic carbocycles. The second kappa shape index (κ2) is 7.25. The van der Waals surface area contributed by atoms with E-state index in [1.165, 1.54) is 0 Å². The Morgan fingerprint density at radius 1 is 1.41 bits per heavy atom. The van der Waals surface area contributed by atoms with E-state index >= 15 is 0 Å². The van der Waals surface area contributed by atoms with Crippen LogP contribution in [0.3, 0.4) is 0 Å². The summed E-state index contributed by atoms with van der Waals surface area (Å²) in [5, 5.41) is 3.38. The molecule has 0 aliphatic rings. The zero-order valence-corrected chi connectivity index (χ0v) is 11.0. The van der Waals surface area contributed by atoms with Crippen molar-refractivity contribution in [3.8, 4) is 0 Å².